The molecule has 0 bridgehead atoms. The van der Waals surface area contributed by atoms with Crippen LogP contribution in [0.15, 0.2) is 35.5 Å². The lowest BCUT2D eigenvalue weighted by atomic mass is 10.0. The van der Waals surface area contributed by atoms with Gasteiger partial charge < -0.3 is 24.1 Å². The Kier molecular flexibility index (Phi) is 8.70. The summed E-state index contributed by atoms with van der Waals surface area (Å²) in [5, 5.41) is 0.180. The van der Waals surface area contributed by atoms with Crippen LogP contribution in [0.3, 0.4) is 0 Å². The van der Waals surface area contributed by atoms with Crippen molar-refractivity contribution < 1.29 is 23.3 Å². The van der Waals surface area contributed by atoms with Gasteiger partial charge in [-0.05, 0) is 32.8 Å². The summed E-state index contributed by atoms with van der Waals surface area (Å²) < 4.78 is 23.5. The van der Waals surface area contributed by atoms with Crippen LogP contribution in [-0.4, -0.2) is 86.8 Å². The maximum atomic E-state index is 12.8. The Morgan fingerprint density at radius 3 is 2.54 bits per heavy atom. The fourth-order valence-electron chi connectivity index (χ4n) is 4.62. The molecule has 3 heterocycles. The van der Waals surface area contributed by atoms with Crippen molar-refractivity contribution in [1.82, 2.24) is 19.8 Å². The van der Waals surface area contributed by atoms with E-state index in [1.54, 1.807) is 9.80 Å². The van der Waals surface area contributed by atoms with Crippen molar-refractivity contribution in [2.24, 2.45) is 0 Å². The number of rotatable bonds is 5. The van der Waals surface area contributed by atoms with Gasteiger partial charge in [0.2, 0.25) is 11.7 Å². The van der Waals surface area contributed by atoms with E-state index in [1.807, 2.05) is 56.0 Å². The second kappa shape index (κ2) is 12.0. The van der Waals surface area contributed by atoms with E-state index in [2.05, 4.69) is 14.8 Å². The van der Waals surface area contributed by atoms with Crippen molar-refractivity contribution in [2.45, 2.75) is 57.1 Å². The standard InChI is InChI=1S/C27H34N6O5S/c1-27(2,3)38-26(35)33-14-13-31(16-20(33)15-28-4)23-21-11-12-32(17-22(21)29-24(30-23)39(5)36)25(34)37-18-19-9-7-6-8-10-19/h6-10,20H,11-18H2,1-3,5H3/t20-,39?/m0/s1. The maximum absolute atomic E-state index is 12.8. The van der Waals surface area contributed by atoms with Crippen LogP contribution >= 0.6 is 0 Å². The highest BCUT2D eigenvalue weighted by atomic mass is 32.2. The first-order valence-electron chi connectivity index (χ1n) is 12.8. The molecule has 0 aliphatic carbocycles. The van der Waals surface area contributed by atoms with Gasteiger partial charge in [-0.3, -0.25) is 9.11 Å². The summed E-state index contributed by atoms with van der Waals surface area (Å²) in [6.07, 6.45) is 1.14. The van der Waals surface area contributed by atoms with Gasteiger partial charge in [0.15, 0.2) is 0 Å². The monoisotopic (exact) mass is 554 g/mol. The molecule has 2 aliphatic rings. The van der Waals surface area contributed by atoms with Crippen molar-refractivity contribution >= 4 is 28.8 Å². The Labute approximate surface area is 231 Å². The molecule has 0 N–H and O–H groups in total. The summed E-state index contributed by atoms with van der Waals surface area (Å²) in [4.78, 5) is 43.6. The molecule has 2 amide bonds. The van der Waals surface area contributed by atoms with Gasteiger partial charge >= 0.3 is 12.2 Å². The molecule has 2 aliphatic heterocycles. The maximum Gasteiger partial charge on any atom is 0.410 e. The lowest BCUT2D eigenvalue weighted by Crippen LogP contribution is -2.57. The van der Waals surface area contributed by atoms with Crippen molar-refractivity contribution in [1.29, 1.82) is 0 Å². The lowest BCUT2D eigenvalue weighted by molar-refractivity contribution is 0.0155. The molecule has 39 heavy (non-hydrogen) atoms. The smallest absolute Gasteiger partial charge is 0.410 e. The summed E-state index contributed by atoms with van der Waals surface area (Å²) in [5.41, 5.74) is 1.76. The summed E-state index contributed by atoms with van der Waals surface area (Å²) >= 11 is 0. The Bertz CT molecular complexity index is 1280. The third-order valence-corrected chi connectivity index (χ3v) is 7.15. The van der Waals surface area contributed by atoms with E-state index in [0.717, 1.165) is 11.1 Å². The van der Waals surface area contributed by atoms with Crippen LogP contribution in [0.4, 0.5) is 15.4 Å². The van der Waals surface area contributed by atoms with Crippen LogP contribution in [0.1, 0.15) is 37.6 Å². The SMILES string of the molecule is [C-]#[N+]C[C@H]1CN(c2nc(S(C)=O)nc3c2CCN(C(=O)OCc2ccccc2)C3)CCN1C(=O)OC(C)(C)C. The topological polar surface area (TPSA) is 110 Å². The quantitative estimate of drug-likeness (QED) is 0.409. The Morgan fingerprint density at radius 1 is 1.13 bits per heavy atom. The molecule has 1 unspecified atom stereocenters. The minimum atomic E-state index is -1.45. The highest BCUT2D eigenvalue weighted by Crippen LogP contribution is 2.30. The third kappa shape index (κ3) is 7.03. The molecule has 0 radical (unpaired) electrons. The van der Waals surface area contributed by atoms with Crippen molar-refractivity contribution in [3.05, 3.63) is 58.6 Å². The predicted octanol–water partition coefficient (Wildman–Crippen LogP) is 3.25. The predicted molar refractivity (Wildman–Crippen MR) is 146 cm³/mol. The molecule has 2 atom stereocenters. The summed E-state index contributed by atoms with van der Waals surface area (Å²) in [6, 6.07) is 9.08. The number of benzene rings is 1. The highest BCUT2D eigenvalue weighted by molar-refractivity contribution is 7.84. The van der Waals surface area contributed by atoms with Crippen molar-refractivity contribution in [3.63, 3.8) is 0 Å². The molecular formula is C27H34N6O5S. The van der Waals surface area contributed by atoms with Crippen molar-refractivity contribution in [3.8, 4) is 0 Å². The first kappa shape index (κ1) is 28.3. The summed E-state index contributed by atoms with van der Waals surface area (Å²) in [7, 11) is -1.45. The molecule has 1 aromatic heterocycles. The van der Waals surface area contributed by atoms with E-state index in [-0.39, 0.29) is 30.9 Å². The lowest BCUT2D eigenvalue weighted by Gasteiger charge is -2.41. The van der Waals surface area contributed by atoms with Crippen LogP contribution in [0.2, 0.25) is 0 Å². The Balaban J connectivity index is 1.53. The minimum Gasteiger partial charge on any atom is -0.445 e. The van der Waals surface area contributed by atoms with Crippen LogP contribution < -0.4 is 4.90 Å². The second-order valence-electron chi connectivity index (χ2n) is 10.5. The number of hydrogen-bond donors (Lipinski definition) is 0. The zero-order chi connectivity index (χ0) is 28.2. The van der Waals surface area contributed by atoms with Crippen molar-refractivity contribution in [2.75, 3.05) is 43.9 Å². The van der Waals surface area contributed by atoms with Gasteiger partial charge in [0.05, 0.1) is 23.0 Å². The van der Waals surface area contributed by atoms with E-state index in [4.69, 9.17) is 16.0 Å². The molecule has 0 spiro atoms. The number of piperazine rings is 1. The summed E-state index contributed by atoms with van der Waals surface area (Å²) in [5.74, 6) is 0.640. The molecule has 0 saturated carbocycles. The van der Waals surface area contributed by atoms with E-state index in [9.17, 15) is 13.8 Å². The number of amides is 2. The van der Waals surface area contributed by atoms with Crippen LogP contribution in [-0.2, 0) is 39.8 Å². The molecule has 2 aromatic rings. The number of ether oxygens (including phenoxy) is 2. The number of carbonyl (C=O) groups excluding carboxylic acids is 2. The molecule has 4 rings (SSSR count). The minimum absolute atomic E-state index is 0.122. The zero-order valence-corrected chi connectivity index (χ0v) is 23.6. The molecule has 1 aromatic carbocycles. The first-order valence-corrected chi connectivity index (χ1v) is 14.4. The van der Waals surface area contributed by atoms with E-state index in [0.29, 0.717) is 44.1 Å². The van der Waals surface area contributed by atoms with Gasteiger partial charge in [-0.25, -0.2) is 26.1 Å². The Morgan fingerprint density at radius 2 is 1.87 bits per heavy atom. The third-order valence-electron chi connectivity index (χ3n) is 6.46. The normalized spacial score (nSPS) is 18.1. The Hall–Kier alpha value is -3.72. The zero-order valence-electron chi connectivity index (χ0n) is 22.8. The van der Waals surface area contributed by atoms with Gasteiger partial charge in [0.25, 0.3) is 0 Å². The van der Waals surface area contributed by atoms with E-state index in [1.165, 1.54) is 6.26 Å². The number of fused-ring (bicyclic) bond motifs is 1. The number of carbonyl (C=O) groups is 2. The number of anilines is 1. The molecule has 11 nitrogen and oxygen atoms in total. The highest BCUT2D eigenvalue weighted by Gasteiger charge is 2.37. The van der Waals surface area contributed by atoms with Crippen LogP contribution in [0, 0.1) is 6.57 Å². The largest absolute Gasteiger partial charge is 0.445 e. The summed E-state index contributed by atoms with van der Waals surface area (Å²) in [6.45, 7) is 15.0. The van der Waals surface area contributed by atoms with Crippen LogP contribution in [0.25, 0.3) is 4.85 Å². The number of nitrogens with zero attached hydrogens (tertiary/aromatic N) is 6. The molecule has 12 heteroatoms. The molecule has 1 fully saturated rings. The van der Waals surface area contributed by atoms with E-state index < -0.39 is 28.6 Å². The van der Waals surface area contributed by atoms with Gasteiger partial charge in [-0.2, -0.15) is 0 Å². The average molecular weight is 555 g/mol. The fourth-order valence-corrected chi connectivity index (χ4v) is 5.07. The van der Waals surface area contributed by atoms with Gasteiger partial charge in [-0.15, -0.1) is 0 Å². The first-order chi connectivity index (χ1) is 18.6. The van der Waals surface area contributed by atoms with Gasteiger partial charge in [0, 0.05) is 38.0 Å². The molecule has 1 saturated heterocycles. The molecular weight excluding hydrogens is 520 g/mol. The van der Waals surface area contributed by atoms with Gasteiger partial charge in [0.1, 0.15) is 24.1 Å². The van der Waals surface area contributed by atoms with Gasteiger partial charge in [-0.1, -0.05) is 30.3 Å². The fraction of sp³-hybridized carbons (Fsp3) is 0.519. The second-order valence-corrected chi connectivity index (χ2v) is 11.8. The van der Waals surface area contributed by atoms with E-state index >= 15 is 0 Å². The molecule has 208 valence electrons. The van der Waals surface area contributed by atoms with Crippen LogP contribution in [0.5, 0.6) is 0 Å². The number of hydrogen-bond acceptors (Lipinski definition) is 8. The number of aromatic nitrogens is 2. The average Bonchev–Trinajstić information content (AvgIpc) is 2.90.